The molecule has 1 saturated heterocycles. The molecule has 0 radical (unpaired) electrons. The maximum absolute atomic E-state index is 14.9. The molecule has 1 aliphatic rings. The van der Waals surface area contributed by atoms with Gasteiger partial charge in [-0.1, -0.05) is 13.8 Å². The molecule has 0 aliphatic carbocycles. The van der Waals surface area contributed by atoms with Crippen LogP contribution in [0.4, 0.5) is 48.3 Å². The summed E-state index contributed by atoms with van der Waals surface area (Å²) in [6.45, 7) is 1.41. The van der Waals surface area contributed by atoms with E-state index in [0.717, 1.165) is 6.92 Å². The number of carbonyl (C=O) groups excluding carboxylic acids is 1. The van der Waals surface area contributed by atoms with Crippen LogP contribution in [0.1, 0.15) is 47.0 Å². The molecule has 184 valence electrons. The summed E-state index contributed by atoms with van der Waals surface area (Å²) in [5.74, 6) is -14.2. The summed E-state index contributed by atoms with van der Waals surface area (Å²) in [7, 11) is 0. The highest BCUT2D eigenvalue weighted by molar-refractivity contribution is 5.78. The van der Waals surface area contributed by atoms with Crippen molar-refractivity contribution >= 4 is 5.97 Å². The largest absolute Gasteiger partial charge is 0.452 e. The molecule has 0 aromatic rings. The first-order chi connectivity index (χ1) is 13.4. The van der Waals surface area contributed by atoms with E-state index < -0.39 is 72.1 Å². The Balaban J connectivity index is 3.80. The van der Waals surface area contributed by atoms with Crippen molar-refractivity contribution < 1.29 is 67.7 Å². The van der Waals surface area contributed by atoms with E-state index in [-0.39, 0.29) is 13.8 Å². The van der Waals surface area contributed by atoms with Crippen LogP contribution >= 0.6 is 0 Å². The fourth-order valence-corrected chi connectivity index (χ4v) is 3.05. The van der Waals surface area contributed by atoms with Gasteiger partial charge in [-0.15, -0.1) is 0 Å². The lowest BCUT2D eigenvalue weighted by Crippen LogP contribution is -2.79. The van der Waals surface area contributed by atoms with Gasteiger partial charge >= 0.3 is 36.2 Å². The molecular formula is C16H19F11O4. The van der Waals surface area contributed by atoms with Crippen molar-refractivity contribution in [1.29, 1.82) is 0 Å². The van der Waals surface area contributed by atoms with Crippen molar-refractivity contribution in [3.05, 3.63) is 0 Å². The van der Waals surface area contributed by atoms with Crippen LogP contribution in [0.25, 0.3) is 0 Å². The van der Waals surface area contributed by atoms with E-state index in [4.69, 9.17) is 0 Å². The van der Waals surface area contributed by atoms with Crippen molar-refractivity contribution in [3.8, 4) is 0 Å². The van der Waals surface area contributed by atoms with E-state index in [9.17, 15) is 58.2 Å². The fraction of sp³-hybridized carbons (Fsp3) is 0.938. The Morgan fingerprint density at radius 1 is 1.00 bits per heavy atom. The predicted molar refractivity (Wildman–Crippen MR) is 79.7 cm³/mol. The summed E-state index contributed by atoms with van der Waals surface area (Å²) >= 11 is 0. The molecule has 0 saturated carbocycles. The molecule has 15 heteroatoms. The molecule has 1 fully saturated rings. The van der Waals surface area contributed by atoms with Crippen LogP contribution in [-0.4, -0.2) is 52.5 Å². The average Bonchev–Trinajstić information content (AvgIpc) is 2.55. The Hall–Kier alpha value is -1.38. The van der Waals surface area contributed by atoms with Gasteiger partial charge in [0.1, 0.15) is 0 Å². The quantitative estimate of drug-likeness (QED) is 0.436. The first kappa shape index (κ1) is 27.7. The van der Waals surface area contributed by atoms with E-state index >= 15 is 0 Å². The topological polar surface area (TPSA) is 55.8 Å². The zero-order valence-electron chi connectivity index (χ0n) is 16.5. The van der Waals surface area contributed by atoms with Crippen LogP contribution < -0.4 is 0 Å². The van der Waals surface area contributed by atoms with Gasteiger partial charge in [0.05, 0.1) is 0 Å². The molecule has 1 N–H and O–H groups in total. The second-order valence-corrected chi connectivity index (χ2v) is 7.64. The molecule has 0 spiro atoms. The van der Waals surface area contributed by atoms with Crippen LogP contribution in [0.3, 0.4) is 0 Å². The molecule has 1 aliphatic heterocycles. The van der Waals surface area contributed by atoms with Gasteiger partial charge in [0.2, 0.25) is 0 Å². The lowest BCUT2D eigenvalue weighted by atomic mass is 9.73. The number of halogens is 11. The zero-order valence-corrected chi connectivity index (χ0v) is 16.5. The smallest absolute Gasteiger partial charge is 0.449 e. The molecule has 0 bridgehead atoms. The van der Waals surface area contributed by atoms with Crippen molar-refractivity contribution in [2.24, 2.45) is 5.41 Å². The van der Waals surface area contributed by atoms with Crippen molar-refractivity contribution in [2.75, 3.05) is 0 Å². The van der Waals surface area contributed by atoms with E-state index in [2.05, 4.69) is 9.47 Å². The van der Waals surface area contributed by atoms with Gasteiger partial charge in [0, 0.05) is 6.42 Å². The molecule has 0 aromatic carbocycles. The second kappa shape index (κ2) is 7.32. The minimum atomic E-state index is -6.56. The number of aliphatic hydroxyl groups is 1. The monoisotopic (exact) mass is 484 g/mol. The number of hydrogen-bond donors (Lipinski definition) is 1. The van der Waals surface area contributed by atoms with Gasteiger partial charge in [-0.25, -0.2) is 0 Å². The minimum Gasteiger partial charge on any atom is -0.452 e. The Kier molecular flexibility index (Phi) is 6.53. The van der Waals surface area contributed by atoms with Crippen LogP contribution in [-0.2, 0) is 14.3 Å². The van der Waals surface area contributed by atoms with Crippen LogP contribution in [0.15, 0.2) is 0 Å². The number of esters is 1. The molecule has 1 rings (SSSR count). The first-order valence-electron chi connectivity index (χ1n) is 8.65. The number of rotatable bonds is 4. The van der Waals surface area contributed by atoms with E-state index in [1.165, 1.54) is 0 Å². The van der Waals surface area contributed by atoms with E-state index in [0.29, 0.717) is 6.92 Å². The van der Waals surface area contributed by atoms with Gasteiger partial charge in [0.15, 0.2) is 16.6 Å². The number of alkyl halides is 11. The molecular weight excluding hydrogens is 465 g/mol. The lowest BCUT2D eigenvalue weighted by Gasteiger charge is -2.56. The van der Waals surface area contributed by atoms with Crippen molar-refractivity contribution in [3.63, 3.8) is 0 Å². The van der Waals surface area contributed by atoms with Gasteiger partial charge in [-0.3, -0.25) is 4.79 Å². The Labute approximate surface area is 168 Å². The third-order valence-corrected chi connectivity index (χ3v) is 5.62. The van der Waals surface area contributed by atoms with Crippen molar-refractivity contribution in [1.82, 2.24) is 0 Å². The van der Waals surface area contributed by atoms with Crippen molar-refractivity contribution in [2.45, 2.75) is 88.4 Å². The summed E-state index contributed by atoms with van der Waals surface area (Å²) in [4.78, 5) is 12.2. The van der Waals surface area contributed by atoms with Crippen LogP contribution in [0.2, 0.25) is 0 Å². The lowest BCUT2D eigenvalue weighted by molar-refractivity contribution is -0.516. The molecule has 0 aromatic heterocycles. The third kappa shape index (κ3) is 3.85. The fourth-order valence-electron chi connectivity index (χ4n) is 3.05. The molecule has 4 unspecified atom stereocenters. The maximum atomic E-state index is 14.9. The average molecular weight is 484 g/mol. The molecule has 1 heterocycles. The maximum Gasteiger partial charge on any atom is 0.449 e. The van der Waals surface area contributed by atoms with Crippen LogP contribution in [0.5, 0.6) is 0 Å². The SMILES string of the molecule is CCC1(OC(=O)C(C)(CC)C(F)(F)F)CC(C)(C(F)(F)F)OC(O)(C(F)(F)F)C1(F)F. The summed E-state index contributed by atoms with van der Waals surface area (Å²) in [5, 5.41) is 9.62. The molecule has 4 atom stereocenters. The summed E-state index contributed by atoms with van der Waals surface area (Å²) in [5.41, 5.74) is -11.9. The van der Waals surface area contributed by atoms with E-state index in [1.807, 2.05) is 0 Å². The Morgan fingerprint density at radius 2 is 1.45 bits per heavy atom. The normalized spacial score (nSPS) is 34.2. The van der Waals surface area contributed by atoms with Gasteiger partial charge in [-0.2, -0.15) is 48.3 Å². The Morgan fingerprint density at radius 3 is 1.74 bits per heavy atom. The highest BCUT2D eigenvalue weighted by Crippen LogP contribution is 2.61. The Bertz CT molecular complexity index is 701. The zero-order chi connectivity index (χ0) is 25.1. The summed E-state index contributed by atoms with van der Waals surface area (Å²) in [6, 6.07) is 0. The molecule has 31 heavy (non-hydrogen) atoms. The van der Waals surface area contributed by atoms with Gasteiger partial charge < -0.3 is 14.6 Å². The number of hydrogen-bond acceptors (Lipinski definition) is 4. The van der Waals surface area contributed by atoms with Gasteiger partial charge in [0.25, 0.3) is 0 Å². The molecule has 4 nitrogen and oxygen atoms in total. The standard InChI is InChI=1S/C16H19F11O4/c1-5-9(3,14(19,20)21)8(28)30-11(6-2)7-10(4,15(22,23)24)31-13(29,12(11,17)18)16(25,26)27/h29H,5-7H2,1-4H3. The second-order valence-electron chi connectivity index (χ2n) is 7.64. The number of carbonyl (C=O) groups is 1. The molecule has 0 amide bonds. The van der Waals surface area contributed by atoms with Crippen LogP contribution in [0, 0.1) is 5.41 Å². The highest BCUT2D eigenvalue weighted by atomic mass is 19.4. The van der Waals surface area contributed by atoms with E-state index in [1.54, 1.807) is 0 Å². The van der Waals surface area contributed by atoms with Gasteiger partial charge in [-0.05, 0) is 26.7 Å². The minimum absolute atomic E-state index is 0.125. The predicted octanol–water partition coefficient (Wildman–Crippen LogP) is 5.28. The number of ether oxygens (including phenoxy) is 2. The summed E-state index contributed by atoms with van der Waals surface area (Å²) in [6.07, 6.45) is -22.7. The third-order valence-electron chi connectivity index (χ3n) is 5.62. The highest BCUT2D eigenvalue weighted by Gasteiger charge is 2.86. The first-order valence-corrected chi connectivity index (χ1v) is 8.65. The summed E-state index contributed by atoms with van der Waals surface area (Å²) < 4.78 is 158.